The van der Waals surface area contributed by atoms with Gasteiger partial charge in [0.25, 0.3) is 11.5 Å². The van der Waals surface area contributed by atoms with Gasteiger partial charge in [0.1, 0.15) is 11.6 Å². The average molecular weight is 525 g/mol. The molecule has 9 heteroatoms. The summed E-state index contributed by atoms with van der Waals surface area (Å²) in [5.74, 6) is -1.09. The Morgan fingerprint density at radius 1 is 1.11 bits per heavy atom. The fourth-order valence-electron chi connectivity index (χ4n) is 4.05. The van der Waals surface area contributed by atoms with Gasteiger partial charge in [0.2, 0.25) is 0 Å². The largest absolute Gasteiger partial charge is 0.349 e. The number of carbonyl (C=O) groups is 1. The van der Waals surface area contributed by atoms with Gasteiger partial charge in [0.15, 0.2) is 5.82 Å². The zero-order chi connectivity index (χ0) is 26.3. The van der Waals surface area contributed by atoms with Crippen molar-refractivity contribution in [3.05, 3.63) is 86.7 Å². The molecule has 0 unspecified atom stereocenters. The summed E-state index contributed by atoms with van der Waals surface area (Å²) >= 11 is 1.51. The van der Waals surface area contributed by atoms with Crippen LogP contribution in [0.25, 0.3) is 0 Å². The van der Waals surface area contributed by atoms with Crippen LogP contribution in [0.2, 0.25) is 0 Å². The highest BCUT2D eigenvalue weighted by Gasteiger charge is 2.38. The zero-order valence-corrected chi connectivity index (χ0v) is 21.9. The molecule has 2 aromatic carbocycles. The molecule has 0 saturated heterocycles. The van der Waals surface area contributed by atoms with E-state index in [0.717, 1.165) is 31.2 Å². The van der Waals surface area contributed by atoms with E-state index < -0.39 is 17.2 Å². The molecule has 2 aliphatic carbocycles. The number of carbonyl (C=O) groups excluding carboxylic acids is 1. The Morgan fingerprint density at radius 2 is 1.86 bits per heavy atom. The molecule has 37 heavy (non-hydrogen) atoms. The molecule has 0 bridgehead atoms. The van der Waals surface area contributed by atoms with Gasteiger partial charge >= 0.3 is 0 Å². The number of pyridine rings is 1. The summed E-state index contributed by atoms with van der Waals surface area (Å²) in [4.78, 5) is 26.5. The molecular formula is C28H30F2N4O2S. The van der Waals surface area contributed by atoms with Crippen LogP contribution in [0.1, 0.15) is 59.7 Å². The smallest absolute Gasteiger partial charge is 0.255 e. The molecule has 1 heterocycles. The van der Waals surface area contributed by atoms with Gasteiger partial charge in [-0.1, -0.05) is 18.2 Å². The fourth-order valence-corrected chi connectivity index (χ4v) is 4.87. The first-order chi connectivity index (χ1) is 17.6. The van der Waals surface area contributed by atoms with Gasteiger partial charge in [-0.2, -0.15) is 0 Å². The van der Waals surface area contributed by atoms with E-state index in [1.807, 2.05) is 0 Å². The minimum atomic E-state index is -0.491. The van der Waals surface area contributed by atoms with E-state index in [1.165, 1.54) is 35.7 Å². The van der Waals surface area contributed by atoms with Crippen molar-refractivity contribution in [2.45, 2.75) is 56.7 Å². The van der Waals surface area contributed by atoms with Crippen LogP contribution < -0.4 is 20.9 Å². The van der Waals surface area contributed by atoms with Gasteiger partial charge in [0.05, 0.1) is 16.9 Å². The SMILES string of the molecule is Cc1ccc(Nc2c(C(=O)NC3CC3)cc(Cc3cccc(NSC4(C)CC4)c3F)c(=O)n2C)c(F)c1. The molecule has 0 spiro atoms. The number of nitrogens with zero attached hydrogens (tertiary/aromatic N) is 1. The molecule has 1 aromatic heterocycles. The Kier molecular flexibility index (Phi) is 6.74. The first-order valence-corrected chi connectivity index (χ1v) is 13.2. The summed E-state index contributed by atoms with van der Waals surface area (Å²) in [7, 11) is 1.52. The Bertz CT molecular complexity index is 1430. The number of aromatic nitrogens is 1. The number of nitrogens with one attached hydrogen (secondary N) is 3. The second-order valence-corrected chi connectivity index (χ2v) is 11.7. The third-order valence-corrected chi connectivity index (χ3v) is 8.07. The molecule has 2 fully saturated rings. The first kappa shape index (κ1) is 25.3. The summed E-state index contributed by atoms with van der Waals surface area (Å²) < 4.78 is 34.5. The highest BCUT2D eigenvalue weighted by atomic mass is 32.2. The van der Waals surface area contributed by atoms with E-state index in [1.54, 1.807) is 37.3 Å². The Balaban J connectivity index is 1.49. The summed E-state index contributed by atoms with van der Waals surface area (Å²) in [6.45, 7) is 3.91. The number of halogens is 2. The quantitative estimate of drug-likeness (QED) is 0.308. The number of rotatable bonds is 9. The molecule has 0 aliphatic heterocycles. The van der Waals surface area contributed by atoms with Crippen LogP contribution >= 0.6 is 11.9 Å². The topological polar surface area (TPSA) is 75.2 Å². The minimum absolute atomic E-state index is 0.0127. The lowest BCUT2D eigenvalue weighted by Crippen LogP contribution is -2.31. The first-order valence-electron chi connectivity index (χ1n) is 12.4. The van der Waals surface area contributed by atoms with Gasteiger partial charge in [-0.25, -0.2) is 8.78 Å². The van der Waals surface area contributed by atoms with Crippen LogP contribution in [-0.4, -0.2) is 21.3 Å². The Morgan fingerprint density at radius 3 is 2.54 bits per heavy atom. The van der Waals surface area contributed by atoms with E-state index in [0.29, 0.717) is 11.3 Å². The van der Waals surface area contributed by atoms with Crippen LogP contribution in [0.3, 0.4) is 0 Å². The maximum atomic E-state index is 15.4. The number of anilines is 3. The molecule has 0 atom stereocenters. The highest BCUT2D eigenvalue weighted by Crippen LogP contribution is 2.48. The van der Waals surface area contributed by atoms with Crippen LogP contribution in [0.5, 0.6) is 0 Å². The monoisotopic (exact) mass is 524 g/mol. The van der Waals surface area contributed by atoms with Crippen molar-refractivity contribution in [2.24, 2.45) is 7.05 Å². The zero-order valence-electron chi connectivity index (χ0n) is 21.1. The van der Waals surface area contributed by atoms with Crippen molar-refractivity contribution >= 4 is 35.0 Å². The molecule has 0 radical (unpaired) electrons. The lowest BCUT2D eigenvalue weighted by Gasteiger charge is -2.19. The number of aryl methyl sites for hydroxylation is 1. The summed E-state index contributed by atoms with van der Waals surface area (Å²) in [5.41, 5.74) is 1.71. The summed E-state index contributed by atoms with van der Waals surface area (Å²) in [6.07, 6.45) is 3.96. The second-order valence-electron chi connectivity index (χ2n) is 10.3. The normalized spacial score (nSPS) is 15.8. The molecule has 5 rings (SSSR count). The molecule has 3 aromatic rings. The molecule has 6 nitrogen and oxygen atoms in total. The van der Waals surface area contributed by atoms with Crippen LogP contribution in [-0.2, 0) is 13.5 Å². The molecule has 2 aliphatic rings. The number of amides is 1. The maximum Gasteiger partial charge on any atom is 0.255 e. The van der Waals surface area contributed by atoms with Crippen molar-refractivity contribution in [3.63, 3.8) is 0 Å². The van der Waals surface area contributed by atoms with Crippen molar-refractivity contribution in [1.82, 2.24) is 9.88 Å². The molecular weight excluding hydrogens is 494 g/mol. The van der Waals surface area contributed by atoms with E-state index in [4.69, 9.17) is 0 Å². The van der Waals surface area contributed by atoms with E-state index >= 15 is 4.39 Å². The summed E-state index contributed by atoms with van der Waals surface area (Å²) in [6, 6.07) is 11.3. The summed E-state index contributed by atoms with van der Waals surface area (Å²) in [5, 5.41) is 5.88. The molecule has 194 valence electrons. The standard InChI is InChI=1S/C28H30F2N4O2S/c1-16-7-10-22(21(29)13-16)32-25-20(26(35)31-19-8-9-19)15-18(27(36)34(25)3)14-17-5-4-6-23(24(17)30)33-37-28(2)11-12-28/h4-7,10,13,15,19,32-33H,8-9,11-12,14H2,1-3H3,(H,31,35). The van der Waals surface area contributed by atoms with Gasteiger partial charge < -0.3 is 15.4 Å². The molecule has 3 N–H and O–H groups in total. The van der Waals surface area contributed by atoms with Crippen LogP contribution in [0, 0.1) is 18.6 Å². The van der Waals surface area contributed by atoms with E-state index in [-0.39, 0.29) is 45.7 Å². The fraction of sp³-hybridized carbons (Fsp3) is 0.357. The minimum Gasteiger partial charge on any atom is -0.349 e. The van der Waals surface area contributed by atoms with Gasteiger partial charge in [-0.15, -0.1) is 0 Å². The molecule has 2 saturated carbocycles. The van der Waals surface area contributed by atoms with Gasteiger partial charge in [0, 0.05) is 29.8 Å². The van der Waals surface area contributed by atoms with E-state index in [9.17, 15) is 14.0 Å². The Labute approximate surface area is 219 Å². The average Bonchev–Trinajstić information content (AvgIpc) is 3.79. The predicted octanol–water partition coefficient (Wildman–Crippen LogP) is 5.81. The number of benzene rings is 2. The lowest BCUT2D eigenvalue weighted by molar-refractivity contribution is 0.0951. The Hall–Kier alpha value is -3.33. The van der Waals surface area contributed by atoms with Crippen molar-refractivity contribution in [2.75, 3.05) is 10.0 Å². The predicted molar refractivity (Wildman–Crippen MR) is 145 cm³/mol. The third kappa shape index (κ3) is 5.66. The van der Waals surface area contributed by atoms with Crippen LogP contribution in [0.15, 0.2) is 47.3 Å². The lowest BCUT2D eigenvalue weighted by atomic mass is 10.0. The van der Waals surface area contributed by atoms with Crippen molar-refractivity contribution in [1.29, 1.82) is 0 Å². The van der Waals surface area contributed by atoms with Crippen molar-refractivity contribution in [3.8, 4) is 0 Å². The second kappa shape index (κ2) is 9.85. The van der Waals surface area contributed by atoms with E-state index in [2.05, 4.69) is 22.3 Å². The number of hydrogen-bond acceptors (Lipinski definition) is 5. The van der Waals surface area contributed by atoms with Gasteiger partial charge in [-0.05, 0) is 86.9 Å². The third-order valence-electron chi connectivity index (χ3n) is 6.84. The maximum absolute atomic E-state index is 15.4. The van der Waals surface area contributed by atoms with Gasteiger partial charge in [-0.3, -0.25) is 14.2 Å². The van der Waals surface area contributed by atoms with Crippen molar-refractivity contribution < 1.29 is 13.6 Å². The molecule has 1 amide bonds. The van der Waals surface area contributed by atoms with Crippen LogP contribution in [0.4, 0.5) is 26.0 Å². The highest BCUT2D eigenvalue weighted by molar-refractivity contribution is 8.02. The number of hydrogen-bond donors (Lipinski definition) is 3.